The number of ether oxygens (including phenoxy) is 1. The van der Waals surface area contributed by atoms with Crippen molar-refractivity contribution >= 4 is 16.7 Å². The SMILES string of the molecule is COCCN(CCC#N)c1ncnc2ccc(C)cc12. The molecule has 0 radical (unpaired) electrons. The fraction of sp³-hybridized carbons (Fsp3) is 0.400. The molecule has 0 amide bonds. The first kappa shape index (κ1) is 14.2. The van der Waals surface area contributed by atoms with Crippen molar-refractivity contribution in [2.75, 3.05) is 31.7 Å². The minimum Gasteiger partial charge on any atom is -0.383 e. The fourth-order valence-corrected chi connectivity index (χ4v) is 2.12. The highest BCUT2D eigenvalue weighted by atomic mass is 16.5. The number of benzene rings is 1. The van der Waals surface area contributed by atoms with E-state index in [4.69, 9.17) is 10.00 Å². The second kappa shape index (κ2) is 6.83. The van der Waals surface area contributed by atoms with Gasteiger partial charge in [0.2, 0.25) is 0 Å². The lowest BCUT2D eigenvalue weighted by molar-refractivity contribution is 0.205. The summed E-state index contributed by atoms with van der Waals surface area (Å²) >= 11 is 0. The number of methoxy groups -OCH3 is 1. The summed E-state index contributed by atoms with van der Waals surface area (Å²) in [6.07, 6.45) is 2.03. The smallest absolute Gasteiger partial charge is 0.139 e. The standard InChI is InChI=1S/C15H18N4O/c1-12-4-5-14-13(10-12)15(18-11-17-14)19(7-3-6-16)8-9-20-2/h4-5,10-11H,3,7-9H2,1-2H3. The van der Waals surface area contributed by atoms with Gasteiger partial charge in [0, 0.05) is 25.6 Å². The van der Waals surface area contributed by atoms with Crippen LogP contribution in [0, 0.1) is 18.3 Å². The van der Waals surface area contributed by atoms with Gasteiger partial charge in [-0.15, -0.1) is 0 Å². The molecule has 0 aliphatic carbocycles. The molecule has 0 unspecified atom stereocenters. The van der Waals surface area contributed by atoms with E-state index in [0.29, 0.717) is 26.1 Å². The summed E-state index contributed by atoms with van der Waals surface area (Å²) in [5.74, 6) is 0.867. The summed E-state index contributed by atoms with van der Waals surface area (Å²) < 4.78 is 5.14. The molecule has 0 atom stereocenters. The molecule has 2 rings (SSSR count). The third kappa shape index (κ3) is 3.22. The zero-order valence-electron chi connectivity index (χ0n) is 11.8. The molecule has 0 saturated heterocycles. The summed E-state index contributed by atoms with van der Waals surface area (Å²) in [5, 5.41) is 9.82. The Balaban J connectivity index is 2.40. The average molecular weight is 270 g/mol. The first-order valence-corrected chi connectivity index (χ1v) is 6.58. The summed E-state index contributed by atoms with van der Waals surface area (Å²) in [5.41, 5.74) is 2.08. The van der Waals surface area contributed by atoms with Crippen molar-refractivity contribution in [2.45, 2.75) is 13.3 Å². The van der Waals surface area contributed by atoms with Crippen LogP contribution in [0.15, 0.2) is 24.5 Å². The van der Waals surface area contributed by atoms with Crippen molar-refractivity contribution in [3.8, 4) is 6.07 Å². The van der Waals surface area contributed by atoms with Gasteiger partial charge in [-0.05, 0) is 19.1 Å². The van der Waals surface area contributed by atoms with Gasteiger partial charge in [0.25, 0.3) is 0 Å². The summed E-state index contributed by atoms with van der Waals surface area (Å²) in [6, 6.07) is 8.29. The number of hydrogen-bond acceptors (Lipinski definition) is 5. The van der Waals surface area contributed by atoms with Crippen LogP contribution in [0.4, 0.5) is 5.82 Å². The molecule has 0 spiro atoms. The molecule has 104 valence electrons. The maximum atomic E-state index is 8.80. The molecular weight excluding hydrogens is 252 g/mol. The molecule has 0 bridgehead atoms. The van der Waals surface area contributed by atoms with Crippen molar-refractivity contribution < 1.29 is 4.74 Å². The van der Waals surface area contributed by atoms with Crippen molar-refractivity contribution in [2.24, 2.45) is 0 Å². The van der Waals surface area contributed by atoms with E-state index < -0.39 is 0 Å². The highest BCUT2D eigenvalue weighted by Crippen LogP contribution is 2.23. The van der Waals surface area contributed by atoms with E-state index in [2.05, 4.69) is 27.0 Å². The number of nitrogens with zero attached hydrogens (tertiary/aromatic N) is 4. The van der Waals surface area contributed by atoms with E-state index in [1.165, 1.54) is 5.56 Å². The van der Waals surface area contributed by atoms with Crippen LogP contribution in [0.25, 0.3) is 10.9 Å². The zero-order valence-corrected chi connectivity index (χ0v) is 11.8. The van der Waals surface area contributed by atoms with Gasteiger partial charge in [0.05, 0.1) is 24.6 Å². The Morgan fingerprint density at radius 2 is 2.15 bits per heavy atom. The Kier molecular flexibility index (Phi) is 4.85. The Bertz CT molecular complexity index is 621. The Hall–Kier alpha value is -2.19. The molecule has 0 fully saturated rings. The molecule has 5 heteroatoms. The van der Waals surface area contributed by atoms with Crippen molar-refractivity contribution in [1.29, 1.82) is 5.26 Å². The largest absolute Gasteiger partial charge is 0.383 e. The first-order valence-electron chi connectivity index (χ1n) is 6.58. The summed E-state index contributed by atoms with van der Waals surface area (Å²) in [6.45, 7) is 3.99. The Morgan fingerprint density at radius 1 is 1.30 bits per heavy atom. The van der Waals surface area contributed by atoms with E-state index in [-0.39, 0.29) is 0 Å². The quantitative estimate of drug-likeness (QED) is 0.806. The van der Waals surface area contributed by atoms with E-state index in [1.807, 2.05) is 19.1 Å². The topological polar surface area (TPSA) is 62.0 Å². The van der Waals surface area contributed by atoms with Crippen LogP contribution in [0.5, 0.6) is 0 Å². The molecular formula is C15H18N4O. The Labute approximate surface area is 118 Å². The molecule has 1 aromatic heterocycles. The lowest BCUT2D eigenvalue weighted by Gasteiger charge is -2.23. The second-order valence-electron chi connectivity index (χ2n) is 4.61. The van der Waals surface area contributed by atoms with Gasteiger partial charge in [-0.25, -0.2) is 9.97 Å². The van der Waals surface area contributed by atoms with Crippen LogP contribution in [-0.2, 0) is 4.74 Å². The third-order valence-corrected chi connectivity index (χ3v) is 3.13. The lowest BCUT2D eigenvalue weighted by Crippen LogP contribution is -2.29. The van der Waals surface area contributed by atoms with Gasteiger partial charge in [0.15, 0.2) is 0 Å². The zero-order chi connectivity index (χ0) is 14.4. The molecule has 2 aromatic rings. The third-order valence-electron chi connectivity index (χ3n) is 3.13. The second-order valence-corrected chi connectivity index (χ2v) is 4.61. The minimum absolute atomic E-state index is 0.459. The van der Waals surface area contributed by atoms with Gasteiger partial charge in [-0.3, -0.25) is 0 Å². The number of rotatable bonds is 6. The molecule has 1 heterocycles. The van der Waals surface area contributed by atoms with Crippen LogP contribution in [0.3, 0.4) is 0 Å². The number of fused-ring (bicyclic) bond motifs is 1. The van der Waals surface area contributed by atoms with Crippen LogP contribution in [0.2, 0.25) is 0 Å². The van der Waals surface area contributed by atoms with Crippen LogP contribution < -0.4 is 4.90 Å². The average Bonchev–Trinajstić information content (AvgIpc) is 2.47. The Morgan fingerprint density at radius 3 is 2.90 bits per heavy atom. The number of aryl methyl sites for hydroxylation is 1. The fourth-order valence-electron chi connectivity index (χ4n) is 2.12. The number of nitriles is 1. The first-order chi connectivity index (χ1) is 9.76. The van der Waals surface area contributed by atoms with E-state index >= 15 is 0 Å². The highest BCUT2D eigenvalue weighted by molar-refractivity contribution is 5.89. The number of anilines is 1. The maximum absolute atomic E-state index is 8.80. The molecule has 0 saturated carbocycles. The van der Waals surface area contributed by atoms with Crippen LogP contribution in [0.1, 0.15) is 12.0 Å². The molecule has 20 heavy (non-hydrogen) atoms. The van der Waals surface area contributed by atoms with Crippen LogP contribution in [-0.4, -0.2) is 36.8 Å². The lowest BCUT2D eigenvalue weighted by atomic mass is 10.1. The van der Waals surface area contributed by atoms with Crippen molar-refractivity contribution in [3.05, 3.63) is 30.1 Å². The normalized spacial score (nSPS) is 10.4. The van der Waals surface area contributed by atoms with Gasteiger partial charge < -0.3 is 9.64 Å². The summed E-state index contributed by atoms with van der Waals surface area (Å²) in [4.78, 5) is 10.8. The van der Waals surface area contributed by atoms with Gasteiger partial charge in [0.1, 0.15) is 12.1 Å². The molecule has 0 N–H and O–H groups in total. The van der Waals surface area contributed by atoms with Crippen molar-refractivity contribution in [3.63, 3.8) is 0 Å². The van der Waals surface area contributed by atoms with Gasteiger partial charge in [-0.1, -0.05) is 11.6 Å². The van der Waals surface area contributed by atoms with E-state index in [1.54, 1.807) is 13.4 Å². The summed E-state index contributed by atoms with van der Waals surface area (Å²) in [7, 11) is 1.67. The van der Waals surface area contributed by atoms with Gasteiger partial charge in [-0.2, -0.15) is 5.26 Å². The monoisotopic (exact) mass is 270 g/mol. The predicted molar refractivity (Wildman–Crippen MR) is 78.6 cm³/mol. The maximum Gasteiger partial charge on any atom is 0.139 e. The molecule has 0 aliphatic rings. The van der Waals surface area contributed by atoms with Crippen LogP contribution >= 0.6 is 0 Å². The predicted octanol–water partition coefficient (Wildman–Crippen LogP) is 2.30. The number of hydrogen-bond donors (Lipinski definition) is 0. The van der Waals surface area contributed by atoms with E-state index in [0.717, 1.165) is 16.7 Å². The van der Waals surface area contributed by atoms with Crippen molar-refractivity contribution in [1.82, 2.24) is 9.97 Å². The highest BCUT2D eigenvalue weighted by Gasteiger charge is 2.12. The minimum atomic E-state index is 0.459. The molecule has 5 nitrogen and oxygen atoms in total. The molecule has 1 aromatic carbocycles. The molecule has 0 aliphatic heterocycles. The van der Waals surface area contributed by atoms with Gasteiger partial charge >= 0.3 is 0 Å². The van der Waals surface area contributed by atoms with E-state index in [9.17, 15) is 0 Å². The number of aromatic nitrogens is 2.